The highest BCUT2D eigenvalue weighted by molar-refractivity contribution is 8.01. The van der Waals surface area contributed by atoms with Crippen LogP contribution in [0.3, 0.4) is 0 Å². The molecule has 0 unspecified atom stereocenters. The molecule has 138 valence electrons. The first-order valence-electron chi connectivity index (χ1n) is 9.42. The van der Waals surface area contributed by atoms with Gasteiger partial charge >= 0.3 is 0 Å². The second-order valence-corrected chi connectivity index (χ2v) is 8.67. The molecular weight excluding hydrogens is 338 g/mol. The monoisotopic (exact) mass is 371 g/mol. The van der Waals surface area contributed by atoms with Gasteiger partial charge in [0.1, 0.15) is 5.01 Å². The Labute approximate surface area is 155 Å². The van der Waals surface area contributed by atoms with Gasteiger partial charge in [-0.05, 0) is 13.3 Å². The van der Waals surface area contributed by atoms with Crippen molar-refractivity contribution in [2.75, 3.05) is 12.3 Å². The van der Waals surface area contributed by atoms with E-state index < -0.39 is 0 Å². The Bertz CT molecular complexity index is 438. The molecule has 0 spiro atoms. The van der Waals surface area contributed by atoms with Crippen molar-refractivity contribution < 1.29 is 4.79 Å². The molecule has 0 fully saturated rings. The topological polar surface area (TPSA) is 54.9 Å². The van der Waals surface area contributed by atoms with Gasteiger partial charge in [-0.25, -0.2) is 0 Å². The van der Waals surface area contributed by atoms with Gasteiger partial charge in [-0.2, -0.15) is 0 Å². The summed E-state index contributed by atoms with van der Waals surface area (Å²) in [5.74, 6) is 0.534. The van der Waals surface area contributed by atoms with Crippen LogP contribution in [-0.2, 0) is 4.79 Å². The molecule has 1 aromatic heterocycles. The van der Waals surface area contributed by atoms with Crippen LogP contribution in [0, 0.1) is 6.92 Å². The summed E-state index contributed by atoms with van der Waals surface area (Å²) in [5.41, 5.74) is 0. The van der Waals surface area contributed by atoms with Crippen LogP contribution < -0.4 is 5.32 Å². The SMILES string of the molecule is CCCCCCCCCCCCCNC(=O)CSc1nnc(C)s1. The Morgan fingerprint density at radius 3 is 2.08 bits per heavy atom. The average molecular weight is 372 g/mol. The number of aryl methyl sites for hydroxylation is 1. The van der Waals surface area contributed by atoms with E-state index in [1.165, 1.54) is 87.3 Å². The summed E-state index contributed by atoms with van der Waals surface area (Å²) in [6.07, 6.45) is 14.7. The lowest BCUT2D eigenvalue weighted by atomic mass is 10.1. The van der Waals surface area contributed by atoms with Crippen LogP contribution in [0.25, 0.3) is 0 Å². The quantitative estimate of drug-likeness (QED) is 0.333. The Kier molecular flexibility index (Phi) is 13.1. The van der Waals surface area contributed by atoms with E-state index in [0.717, 1.165) is 22.3 Å². The van der Waals surface area contributed by atoms with E-state index in [1.54, 1.807) is 0 Å². The summed E-state index contributed by atoms with van der Waals surface area (Å²) in [5, 5.41) is 11.9. The highest BCUT2D eigenvalue weighted by Gasteiger charge is 2.05. The van der Waals surface area contributed by atoms with E-state index in [9.17, 15) is 4.79 Å². The molecule has 1 heterocycles. The van der Waals surface area contributed by atoms with E-state index in [2.05, 4.69) is 22.4 Å². The van der Waals surface area contributed by atoms with Gasteiger partial charge in [-0.15, -0.1) is 10.2 Å². The lowest BCUT2D eigenvalue weighted by molar-refractivity contribution is -0.118. The number of aromatic nitrogens is 2. The number of thioether (sulfide) groups is 1. The smallest absolute Gasteiger partial charge is 0.230 e. The molecule has 0 saturated carbocycles. The van der Waals surface area contributed by atoms with Crippen molar-refractivity contribution in [3.8, 4) is 0 Å². The van der Waals surface area contributed by atoms with Crippen molar-refractivity contribution in [3.63, 3.8) is 0 Å². The zero-order chi connectivity index (χ0) is 17.5. The maximum Gasteiger partial charge on any atom is 0.230 e. The zero-order valence-corrected chi connectivity index (χ0v) is 16.9. The molecule has 24 heavy (non-hydrogen) atoms. The van der Waals surface area contributed by atoms with E-state index in [0.29, 0.717) is 5.75 Å². The van der Waals surface area contributed by atoms with Gasteiger partial charge in [0, 0.05) is 6.54 Å². The highest BCUT2D eigenvalue weighted by atomic mass is 32.2. The van der Waals surface area contributed by atoms with E-state index >= 15 is 0 Å². The second kappa shape index (κ2) is 14.7. The van der Waals surface area contributed by atoms with E-state index in [-0.39, 0.29) is 5.91 Å². The van der Waals surface area contributed by atoms with Crippen molar-refractivity contribution in [3.05, 3.63) is 5.01 Å². The molecule has 0 aliphatic rings. The standard InChI is InChI=1S/C18H33N3OS2/c1-3-4-5-6-7-8-9-10-11-12-13-14-19-17(22)15-23-18-21-20-16(2)24-18/h3-15H2,1-2H3,(H,19,22). The number of unbranched alkanes of at least 4 members (excludes halogenated alkanes) is 10. The minimum absolute atomic E-state index is 0.0972. The van der Waals surface area contributed by atoms with Gasteiger partial charge in [0.2, 0.25) is 5.91 Å². The predicted octanol–water partition coefficient (Wildman–Crippen LogP) is 5.37. The molecule has 0 aliphatic carbocycles. The molecule has 0 saturated heterocycles. The van der Waals surface area contributed by atoms with E-state index in [4.69, 9.17) is 0 Å². The number of rotatable bonds is 15. The van der Waals surface area contributed by atoms with Crippen molar-refractivity contribution in [2.24, 2.45) is 0 Å². The van der Waals surface area contributed by atoms with Gasteiger partial charge in [-0.3, -0.25) is 4.79 Å². The van der Waals surface area contributed by atoms with E-state index in [1.807, 2.05) is 6.92 Å². The van der Waals surface area contributed by atoms with Gasteiger partial charge in [0.15, 0.2) is 4.34 Å². The van der Waals surface area contributed by atoms with Crippen LogP contribution in [0.2, 0.25) is 0 Å². The minimum Gasteiger partial charge on any atom is -0.355 e. The van der Waals surface area contributed by atoms with Crippen LogP contribution in [0.5, 0.6) is 0 Å². The summed E-state index contributed by atoms with van der Waals surface area (Å²) in [4.78, 5) is 11.7. The van der Waals surface area contributed by atoms with Crippen molar-refractivity contribution >= 4 is 29.0 Å². The third-order valence-electron chi connectivity index (χ3n) is 3.94. The highest BCUT2D eigenvalue weighted by Crippen LogP contribution is 2.21. The van der Waals surface area contributed by atoms with Gasteiger partial charge < -0.3 is 5.32 Å². The third kappa shape index (κ3) is 11.8. The summed E-state index contributed by atoms with van der Waals surface area (Å²) >= 11 is 3.00. The fraction of sp³-hybridized carbons (Fsp3) is 0.833. The van der Waals surface area contributed by atoms with Gasteiger partial charge in [-0.1, -0.05) is 94.2 Å². The van der Waals surface area contributed by atoms with Crippen molar-refractivity contribution in [1.82, 2.24) is 15.5 Å². The molecular formula is C18H33N3OS2. The number of nitrogens with zero attached hydrogens (tertiary/aromatic N) is 2. The predicted molar refractivity (Wildman–Crippen MR) is 105 cm³/mol. The molecule has 4 nitrogen and oxygen atoms in total. The normalized spacial score (nSPS) is 10.9. The first kappa shape index (κ1) is 21.4. The number of nitrogens with one attached hydrogen (secondary N) is 1. The summed E-state index contributed by atoms with van der Waals surface area (Å²) in [6, 6.07) is 0. The maximum absolute atomic E-state index is 11.7. The van der Waals surface area contributed by atoms with Crippen LogP contribution in [0.4, 0.5) is 0 Å². The summed E-state index contributed by atoms with van der Waals surface area (Å²) in [7, 11) is 0. The fourth-order valence-corrected chi connectivity index (χ4v) is 4.18. The molecule has 1 rings (SSSR count). The average Bonchev–Trinajstić information content (AvgIpc) is 2.99. The largest absolute Gasteiger partial charge is 0.355 e. The summed E-state index contributed by atoms with van der Waals surface area (Å²) in [6.45, 7) is 4.99. The second-order valence-electron chi connectivity index (χ2n) is 6.26. The molecule has 0 bridgehead atoms. The number of hydrogen-bond donors (Lipinski definition) is 1. The Balaban J connectivity index is 1.82. The molecule has 0 radical (unpaired) electrons. The number of carbonyl (C=O) groups is 1. The van der Waals surface area contributed by atoms with Crippen LogP contribution in [0.1, 0.15) is 82.6 Å². The molecule has 0 aromatic carbocycles. The first-order chi connectivity index (χ1) is 11.7. The van der Waals surface area contributed by atoms with Gasteiger partial charge in [0.25, 0.3) is 0 Å². The molecule has 0 atom stereocenters. The lowest BCUT2D eigenvalue weighted by Crippen LogP contribution is -2.26. The number of carbonyl (C=O) groups excluding carboxylic acids is 1. The molecule has 0 aliphatic heterocycles. The minimum atomic E-state index is 0.0972. The van der Waals surface area contributed by atoms with Crippen LogP contribution in [0.15, 0.2) is 4.34 Å². The zero-order valence-electron chi connectivity index (χ0n) is 15.3. The Morgan fingerprint density at radius 2 is 1.54 bits per heavy atom. The van der Waals surface area contributed by atoms with Gasteiger partial charge in [0.05, 0.1) is 5.75 Å². The molecule has 6 heteroatoms. The van der Waals surface area contributed by atoms with Crippen molar-refractivity contribution in [1.29, 1.82) is 0 Å². The number of hydrogen-bond acceptors (Lipinski definition) is 5. The lowest BCUT2D eigenvalue weighted by Gasteiger charge is -2.05. The summed E-state index contributed by atoms with van der Waals surface area (Å²) < 4.78 is 0.873. The molecule has 1 amide bonds. The Hall–Kier alpha value is -0.620. The van der Waals surface area contributed by atoms with Crippen molar-refractivity contribution in [2.45, 2.75) is 88.8 Å². The fourth-order valence-electron chi connectivity index (χ4n) is 2.53. The number of amides is 1. The Morgan fingerprint density at radius 1 is 0.958 bits per heavy atom. The van der Waals surface area contributed by atoms with Crippen LogP contribution >= 0.6 is 23.1 Å². The van der Waals surface area contributed by atoms with Crippen LogP contribution in [-0.4, -0.2) is 28.4 Å². The first-order valence-corrected chi connectivity index (χ1v) is 11.2. The maximum atomic E-state index is 11.7. The third-order valence-corrected chi connectivity index (χ3v) is 5.91. The molecule has 1 N–H and O–H groups in total. The molecule has 1 aromatic rings.